The number of ketones is 1. The van der Waals surface area contributed by atoms with Crippen LogP contribution in [0.1, 0.15) is 36.6 Å². The summed E-state index contributed by atoms with van der Waals surface area (Å²) >= 11 is 12.4. The number of hydrogen-bond acceptors (Lipinski definition) is 4. The summed E-state index contributed by atoms with van der Waals surface area (Å²) < 4.78 is 5.66. The third-order valence-electron chi connectivity index (χ3n) is 5.43. The number of Topliss-reactive ketones (excluding diaryl/α,β-unsaturated/α-hetero) is 1. The fourth-order valence-corrected chi connectivity index (χ4v) is 4.57. The van der Waals surface area contributed by atoms with Crippen LogP contribution in [0.25, 0.3) is 5.76 Å². The molecule has 1 aliphatic rings. The van der Waals surface area contributed by atoms with Crippen molar-refractivity contribution in [1.82, 2.24) is 0 Å². The molecule has 0 radical (unpaired) electrons. The van der Waals surface area contributed by atoms with Crippen molar-refractivity contribution in [3.8, 4) is 5.75 Å². The maximum atomic E-state index is 13.3. The lowest BCUT2D eigenvalue weighted by Gasteiger charge is -2.26. The van der Waals surface area contributed by atoms with Gasteiger partial charge in [-0.05, 0) is 68.8 Å². The molecule has 3 aromatic rings. The van der Waals surface area contributed by atoms with Gasteiger partial charge in [-0.3, -0.25) is 14.5 Å². The summed E-state index contributed by atoms with van der Waals surface area (Å²) in [5.41, 5.74) is 2.38. The molecule has 3 aromatic carbocycles. The van der Waals surface area contributed by atoms with E-state index in [0.29, 0.717) is 32.6 Å². The smallest absolute Gasteiger partial charge is 0.300 e. The summed E-state index contributed by atoms with van der Waals surface area (Å²) in [4.78, 5) is 27.8. The Balaban J connectivity index is 1.89. The van der Waals surface area contributed by atoms with E-state index in [-0.39, 0.29) is 17.4 Å². The molecule has 0 spiro atoms. The lowest BCUT2D eigenvalue weighted by atomic mass is 9.94. The van der Waals surface area contributed by atoms with Gasteiger partial charge in [-0.2, -0.15) is 0 Å². The second-order valence-electron chi connectivity index (χ2n) is 8.40. The van der Waals surface area contributed by atoms with Crippen LogP contribution in [0.3, 0.4) is 0 Å². The van der Waals surface area contributed by atoms with Crippen molar-refractivity contribution in [2.45, 2.75) is 32.9 Å². The van der Waals surface area contributed by atoms with Crippen LogP contribution in [-0.2, 0) is 9.59 Å². The van der Waals surface area contributed by atoms with E-state index < -0.39 is 17.7 Å². The molecule has 0 bridgehead atoms. The van der Waals surface area contributed by atoms with Crippen LogP contribution in [-0.4, -0.2) is 22.9 Å². The van der Waals surface area contributed by atoms with E-state index in [1.165, 1.54) is 4.90 Å². The van der Waals surface area contributed by atoms with Gasteiger partial charge < -0.3 is 9.84 Å². The number of benzene rings is 3. The molecule has 4 rings (SSSR count). The van der Waals surface area contributed by atoms with E-state index in [1.54, 1.807) is 42.5 Å². The van der Waals surface area contributed by atoms with Crippen molar-refractivity contribution in [2.75, 3.05) is 4.90 Å². The second-order valence-corrected chi connectivity index (χ2v) is 9.27. The van der Waals surface area contributed by atoms with Gasteiger partial charge in [-0.15, -0.1) is 0 Å². The zero-order valence-corrected chi connectivity index (χ0v) is 20.4. The highest BCUT2D eigenvalue weighted by atomic mass is 35.5. The zero-order valence-electron chi connectivity index (χ0n) is 18.9. The minimum absolute atomic E-state index is 0.00406. The Morgan fingerprint density at radius 3 is 2.21 bits per heavy atom. The zero-order chi connectivity index (χ0) is 24.6. The van der Waals surface area contributed by atoms with Crippen molar-refractivity contribution < 1.29 is 19.4 Å². The lowest BCUT2D eigenvalue weighted by Crippen LogP contribution is -2.29. The average Bonchev–Trinajstić information content (AvgIpc) is 3.03. The van der Waals surface area contributed by atoms with Crippen LogP contribution in [0.4, 0.5) is 5.69 Å². The van der Waals surface area contributed by atoms with Gasteiger partial charge in [-0.25, -0.2) is 0 Å². The first-order chi connectivity index (χ1) is 16.2. The molecule has 1 heterocycles. The molecule has 1 amide bonds. The number of aliphatic hydroxyl groups is 1. The number of ether oxygens (including phenoxy) is 1. The summed E-state index contributed by atoms with van der Waals surface area (Å²) in [6.07, 6.45) is -0.00406. The quantitative estimate of drug-likeness (QED) is 0.242. The molecule has 5 nitrogen and oxygen atoms in total. The Morgan fingerprint density at radius 2 is 1.62 bits per heavy atom. The number of amides is 1. The predicted octanol–water partition coefficient (Wildman–Crippen LogP) is 6.72. The van der Waals surface area contributed by atoms with Gasteiger partial charge in [0.2, 0.25) is 0 Å². The van der Waals surface area contributed by atoms with Crippen LogP contribution < -0.4 is 9.64 Å². The molecule has 174 valence electrons. The highest BCUT2D eigenvalue weighted by molar-refractivity contribution is 6.52. The molecule has 1 N–H and O–H groups in total. The molecule has 0 aliphatic carbocycles. The standard InChI is InChI=1S/C27H23Cl2NO4/c1-15(2)34-22-9-7-17(8-10-22)25(31)23-24(18-6-4-5-16(3)11-18)30(27(33)26(23)32)21-13-19(28)12-20(29)14-21/h4-15,24,31H,1-3H3/b25-23+. The van der Waals surface area contributed by atoms with Gasteiger partial charge in [-0.1, -0.05) is 53.0 Å². The van der Waals surface area contributed by atoms with E-state index in [0.717, 1.165) is 5.56 Å². The van der Waals surface area contributed by atoms with E-state index in [2.05, 4.69) is 0 Å². The monoisotopic (exact) mass is 495 g/mol. The molecule has 7 heteroatoms. The summed E-state index contributed by atoms with van der Waals surface area (Å²) in [5.74, 6) is -1.19. The summed E-state index contributed by atoms with van der Waals surface area (Å²) in [6, 6.07) is 18.0. The fraction of sp³-hybridized carbons (Fsp3) is 0.185. The summed E-state index contributed by atoms with van der Waals surface area (Å²) in [5, 5.41) is 11.9. The van der Waals surface area contributed by atoms with Crippen LogP contribution in [0.2, 0.25) is 10.0 Å². The van der Waals surface area contributed by atoms with Crippen LogP contribution in [0.5, 0.6) is 5.75 Å². The third kappa shape index (κ3) is 4.67. The van der Waals surface area contributed by atoms with Gasteiger partial charge >= 0.3 is 0 Å². The molecule has 34 heavy (non-hydrogen) atoms. The predicted molar refractivity (Wildman–Crippen MR) is 135 cm³/mol. The Kier molecular flexibility index (Phi) is 6.69. The Hall–Kier alpha value is -3.28. The molecule has 1 saturated heterocycles. The van der Waals surface area contributed by atoms with Crippen LogP contribution >= 0.6 is 23.2 Å². The van der Waals surface area contributed by atoms with E-state index in [1.807, 2.05) is 45.0 Å². The van der Waals surface area contributed by atoms with E-state index in [4.69, 9.17) is 27.9 Å². The first kappa shape index (κ1) is 23.9. The minimum Gasteiger partial charge on any atom is -0.507 e. The number of aryl methyl sites for hydroxylation is 1. The minimum atomic E-state index is -0.860. The number of rotatable bonds is 5. The molecular weight excluding hydrogens is 473 g/mol. The van der Waals surface area contributed by atoms with Crippen molar-refractivity contribution in [3.05, 3.63) is 99.0 Å². The molecule has 1 aliphatic heterocycles. The SMILES string of the molecule is Cc1cccc(C2/C(=C(\O)c3ccc(OC(C)C)cc3)C(=O)C(=O)N2c2cc(Cl)cc(Cl)c2)c1. The summed E-state index contributed by atoms with van der Waals surface area (Å²) in [6.45, 7) is 5.75. The Bertz CT molecular complexity index is 1280. The maximum Gasteiger partial charge on any atom is 0.300 e. The average molecular weight is 496 g/mol. The largest absolute Gasteiger partial charge is 0.507 e. The molecular formula is C27H23Cl2NO4. The Labute approximate surface area is 208 Å². The van der Waals surface area contributed by atoms with Gasteiger partial charge in [0, 0.05) is 21.3 Å². The van der Waals surface area contributed by atoms with Gasteiger partial charge in [0.15, 0.2) is 0 Å². The number of carbonyl (C=O) groups is 2. The topological polar surface area (TPSA) is 66.8 Å². The third-order valence-corrected chi connectivity index (χ3v) is 5.86. The van der Waals surface area contributed by atoms with Crippen molar-refractivity contribution in [3.63, 3.8) is 0 Å². The first-order valence-electron chi connectivity index (χ1n) is 10.8. The van der Waals surface area contributed by atoms with E-state index in [9.17, 15) is 14.7 Å². The van der Waals surface area contributed by atoms with Gasteiger partial charge in [0.25, 0.3) is 11.7 Å². The Morgan fingerprint density at radius 1 is 0.971 bits per heavy atom. The number of hydrogen-bond donors (Lipinski definition) is 1. The molecule has 1 fully saturated rings. The van der Waals surface area contributed by atoms with Crippen molar-refractivity contribution >= 4 is 46.3 Å². The van der Waals surface area contributed by atoms with Gasteiger partial charge in [0.1, 0.15) is 11.5 Å². The fourth-order valence-electron chi connectivity index (χ4n) is 4.05. The highest BCUT2D eigenvalue weighted by Gasteiger charge is 2.47. The van der Waals surface area contributed by atoms with Crippen molar-refractivity contribution in [1.29, 1.82) is 0 Å². The van der Waals surface area contributed by atoms with E-state index >= 15 is 0 Å². The number of halogens is 2. The maximum absolute atomic E-state index is 13.3. The first-order valence-corrected chi connectivity index (χ1v) is 11.5. The van der Waals surface area contributed by atoms with Crippen LogP contribution in [0.15, 0.2) is 72.3 Å². The number of nitrogens with zero attached hydrogens (tertiary/aromatic N) is 1. The molecule has 0 aromatic heterocycles. The molecule has 1 atom stereocenters. The normalized spacial score (nSPS) is 17.5. The van der Waals surface area contributed by atoms with Gasteiger partial charge in [0.05, 0.1) is 17.7 Å². The molecule has 0 saturated carbocycles. The summed E-state index contributed by atoms with van der Waals surface area (Å²) in [7, 11) is 0. The van der Waals surface area contributed by atoms with Crippen LogP contribution in [0, 0.1) is 6.92 Å². The number of aliphatic hydroxyl groups excluding tert-OH is 1. The molecule has 1 unspecified atom stereocenters. The lowest BCUT2D eigenvalue weighted by molar-refractivity contribution is -0.132. The highest BCUT2D eigenvalue weighted by Crippen LogP contribution is 2.43. The number of carbonyl (C=O) groups excluding carboxylic acids is 2. The van der Waals surface area contributed by atoms with Crippen molar-refractivity contribution in [2.24, 2.45) is 0 Å². The number of anilines is 1. The second kappa shape index (κ2) is 9.53.